The number of hydrogen-bond acceptors (Lipinski definition) is 0. The highest BCUT2D eigenvalue weighted by Gasteiger charge is 2.55. The lowest BCUT2D eigenvalue weighted by Gasteiger charge is -2.41. The van der Waals surface area contributed by atoms with Crippen LogP contribution in [0.3, 0.4) is 0 Å². The Balaban J connectivity index is 0.000000270. The van der Waals surface area contributed by atoms with Crippen LogP contribution in [0.25, 0.3) is 0 Å². The maximum atomic E-state index is 5.89. The average Bonchev–Trinajstić information content (AvgIpc) is 2.80. The van der Waals surface area contributed by atoms with Crippen molar-refractivity contribution in [3.8, 4) is 0 Å². The molecule has 0 spiro atoms. The summed E-state index contributed by atoms with van der Waals surface area (Å²) < 4.78 is -3.42. The fourth-order valence-corrected chi connectivity index (χ4v) is 9.79. The van der Waals surface area contributed by atoms with Gasteiger partial charge in [0.1, 0.15) is 14.0 Å². The van der Waals surface area contributed by atoms with E-state index in [-0.39, 0.29) is 10.8 Å². The minimum atomic E-state index is -1.26. The van der Waals surface area contributed by atoms with Crippen LogP contribution in [0.5, 0.6) is 0 Å². The SMILES string of the molecule is ClC1C(Cl)C(Cl)C(Cl)C(Cl)C1Cl.ClC1CC(Cl)(Cl)C(Cl)C(Cl)C1Cl.ClC1CCC(Cl)(Cl)C(Cl)C1(Cl)Cl. The molecule has 0 aromatic heterocycles. The van der Waals surface area contributed by atoms with E-state index in [2.05, 4.69) is 0 Å². The third-order valence-corrected chi connectivity index (χ3v) is 16.8. The zero-order valence-corrected chi connectivity index (χ0v) is 31.0. The lowest BCUT2D eigenvalue weighted by Crippen LogP contribution is -2.52. The van der Waals surface area contributed by atoms with E-state index in [1.165, 1.54) is 0 Å². The summed E-state index contributed by atoms with van der Waals surface area (Å²) >= 11 is 106. The Hall–Kier alpha value is 5.22. The van der Waals surface area contributed by atoms with Crippen molar-refractivity contribution in [1.29, 1.82) is 0 Å². The molecule has 0 saturated heterocycles. The fraction of sp³-hybridized carbons (Fsp3) is 1.00. The van der Waals surface area contributed by atoms with Crippen LogP contribution >= 0.6 is 209 Å². The van der Waals surface area contributed by atoms with Gasteiger partial charge in [-0.1, -0.05) is 69.6 Å². The number of alkyl halides is 18. The van der Waals surface area contributed by atoms with Crippen LogP contribution in [-0.2, 0) is 0 Å². The Morgan fingerprint density at radius 2 is 0.806 bits per heavy atom. The molecule has 3 rings (SSSR count). The molecule has 6 unspecified atom stereocenters. The predicted molar refractivity (Wildman–Crippen MR) is 173 cm³/mol. The van der Waals surface area contributed by atoms with Gasteiger partial charge >= 0.3 is 0 Å². The molecule has 0 aliphatic heterocycles. The normalized spacial score (nSPS) is 47.5. The summed E-state index contributed by atoms with van der Waals surface area (Å²) in [6, 6.07) is 0. The first-order valence-electron chi connectivity index (χ1n) is 9.93. The Bertz CT molecular complexity index is 628. The summed E-state index contributed by atoms with van der Waals surface area (Å²) in [7, 11) is 0. The molecule has 0 N–H and O–H groups in total. The fourth-order valence-electron chi connectivity index (χ4n) is 3.21. The van der Waals surface area contributed by atoms with Crippen molar-refractivity contribution in [2.75, 3.05) is 0 Å². The zero-order chi connectivity index (χ0) is 28.5. The van der Waals surface area contributed by atoms with Crippen molar-refractivity contribution in [2.45, 2.75) is 96.8 Å². The van der Waals surface area contributed by atoms with Crippen LogP contribution in [0.4, 0.5) is 0 Å². The maximum Gasteiger partial charge on any atom is 0.153 e. The van der Waals surface area contributed by atoms with Gasteiger partial charge in [-0.3, -0.25) is 0 Å². The van der Waals surface area contributed by atoms with Gasteiger partial charge < -0.3 is 0 Å². The molecule has 0 nitrogen and oxygen atoms in total. The summed E-state index contributed by atoms with van der Waals surface area (Å²) in [5.74, 6) is 0. The van der Waals surface area contributed by atoms with E-state index in [1.54, 1.807) is 0 Å². The smallest absolute Gasteiger partial charge is 0.121 e. The standard InChI is InChI=1S/3C6H6Cl6/c7-2-1-6(11,12)5(10)4(9)3(2)8;7-3-1-2-5(9,10)4(8)6(3,11)12;7-1-2(8)4(10)6(12)5(11)3(1)9/h2-5H,1H2;3-4H,1-2H2;1-6H. The first-order chi connectivity index (χ1) is 16.1. The van der Waals surface area contributed by atoms with Gasteiger partial charge in [-0.2, -0.15) is 0 Å². The van der Waals surface area contributed by atoms with Crippen molar-refractivity contribution < 1.29 is 0 Å². The quantitative estimate of drug-likeness (QED) is 0.213. The molecule has 6 atom stereocenters. The maximum absolute atomic E-state index is 5.89. The van der Waals surface area contributed by atoms with Crippen LogP contribution in [0.2, 0.25) is 0 Å². The minimum absolute atomic E-state index is 0.334. The molecule has 3 saturated carbocycles. The van der Waals surface area contributed by atoms with Crippen molar-refractivity contribution in [3.05, 3.63) is 0 Å². The van der Waals surface area contributed by atoms with Crippen LogP contribution in [-0.4, -0.2) is 77.5 Å². The Morgan fingerprint density at radius 3 is 1.14 bits per heavy atom. The van der Waals surface area contributed by atoms with Crippen LogP contribution in [0.15, 0.2) is 0 Å². The molecular weight excluding hydrogens is 854 g/mol. The first kappa shape index (κ1) is 39.2. The molecule has 0 amide bonds. The first-order valence-corrected chi connectivity index (χ1v) is 17.4. The van der Waals surface area contributed by atoms with E-state index in [0.717, 1.165) is 0 Å². The summed E-state index contributed by atoms with van der Waals surface area (Å²) in [6.45, 7) is 0. The summed E-state index contributed by atoms with van der Waals surface area (Å²) in [4.78, 5) is 0. The zero-order valence-electron chi connectivity index (χ0n) is 17.4. The molecule has 0 heterocycles. The van der Waals surface area contributed by atoms with Gasteiger partial charge in [0.15, 0.2) is 4.33 Å². The topological polar surface area (TPSA) is 0 Å². The van der Waals surface area contributed by atoms with Gasteiger partial charge in [0.25, 0.3) is 0 Å². The molecule has 18 heteroatoms. The predicted octanol–water partition coefficient (Wildman–Crippen LogP) is 12.0. The van der Waals surface area contributed by atoms with Gasteiger partial charge in [0.2, 0.25) is 0 Å². The second-order valence-corrected chi connectivity index (χ2v) is 18.8. The lowest BCUT2D eigenvalue weighted by atomic mass is 9.97. The molecule has 0 radical (unpaired) electrons. The van der Waals surface area contributed by atoms with Crippen LogP contribution in [0, 0.1) is 0 Å². The summed E-state index contributed by atoms with van der Waals surface area (Å²) in [5, 5.41) is -5.58. The van der Waals surface area contributed by atoms with E-state index < -0.39 is 66.8 Å². The van der Waals surface area contributed by atoms with E-state index in [4.69, 9.17) is 209 Å². The Morgan fingerprint density at radius 1 is 0.444 bits per heavy atom. The van der Waals surface area contributed by atoms with Gasteiger partial charge in [-0.15, -0.1) is 139 Å². The Kier molecular flexibility index (Phi) is 17.4. The van der Waals surface area contributed by atoms with Crippen molar-refractivity contribution in [3.63, 3.8) is 0 Å². The minimum Gasteiger partial charge on any atom is -0.121 e. The van der Waals surface area contributed by atoms with Crippen LogP contribution in [0.1, 0.15) is 19.3 Å². The molecule has 0 bridgehead atoms. The molecule has 3 aliphatic carbocycles. The van der Waals surface area contributed by atoms with Gasteiger partial charge in [0.05, 0.1) is 59.1 Å². The molecular formula is C18H18Cl18. The summed E-state index contributed by atoms with van der Waals surface area (Å²) in [5.41, 5.74) is 0. The summed E-state index contributed by atoms with van der Waals surface area (Å²) in [6.07, 6.45) is 1.41. The second-order valence-electron chi connectivity index (χ2n) is 8.24. The number of hydrogen-bond donors (Lipinski definition) is 0. The lowest BCUT2D eigenvalue weighted by molar-refractivity contribution is 0.468. The van der Waals surface area contributed by atoms with Crippen molar-refractivity contribution in [2.24, 2.45) is 0 Å². The highest BCUT2D eigenvalue weighted by Crippen LogP contribution is 2.53. The highest BCUT2D eigenvalue weighted by molar-refractivity contribution is 6.61. The van der Waals surface area contributed by atoms with Gasteiger partial charge in [-0.25, -0.2) is 0 Å². The van der Waals surface area contributed by atoms with Crippen molar-refractivity contribution in [1.82, 2.24) is 0 Å². The molecule has 36 heavy (non-hydrogen) atoms. The third kappa shape index (κ3) is 9.86. The highest BCUT2D eigenvalue weighted by atomic mass is 35.5. The molecule has 216 valence electrons. The van der Waals surface area contributed by atoms with E-state index in [9.17, 15) is 0 Å². The molecule has 0 aromatic rings. The number of halogens is 18. The number of rotatable bonds is 0. The molecule has 3 fully saturated rings. The van der Waals surface area contributed by atoms with Crippen molar-refractivity contribution >= 4 is 209 Å². The Labute approximate surface area is 301 Å². The van der Waals surface area contributed by atoms with E-state index in [1.807, 2.05) is 0 Å². The van der Waals surface area contributed by atoms with E-state index >= 15 is 0 Å². The average molecular weight is 872 g/mol. The van der Waals surface area contributed by atoms with Gasteiger partial charge in [0, 0.05) is 0 Å². The monoisotopic (exact) mass is 864 g/mol. The molecule has 3 aliphatic rings. The third-order valence-electron chi connectivity index (χ3n) is 5.48. The van der Waals surface area contributed by atoms with Crippen LogP contribution < -0.4 is 0 Å². The second kappa shape index (κ2) is 16.0. The van der Waals surface area contributed by atoms with E-state index in [0.29, 0.717) is 19.3 Å². The largest absolute Gasteiger partial charge is 0.153 e. The van der Waals surface area contributed by atoms with Gasteiger partial charge in [-0.05, 0) is 19.3 Å². The molecule has 0 aromatic carbocycles.